The number of allylic oxidation sites excluding steroid dienone is 1. The molecule has 0 spiro atoms. The van der Waals surface area contributed by atoms with Crippen molar-refractivity contribution < 1.29 is 22.7 Å². The van der Waals surface area contributed by atoms with Crippen molar-refractivity contribution >= 4 is 33.2 Å². The zero-order valence-electron chi connectivity index (χ0n) is 27.2. The minimum absolute atomic E-state index is 0.102. The summed E-state index contributed by atoms with van der Waals surface area (Å²) < 4.78 is 42.1. The van der Waals surface area contributed by atoms with Crippen LogP contribution in [0.1, 0.15) is 73.1 Å². The van der Waals surface area contributed by atoms with Gasteiger partial charge in [-0.2, -0.15) is 10.2 Å². The molecule has 1 amide bonds. The Hall–Kier alpha value is -3.47. The maximum absolute atomic E-state index is 13.5. The van der Waals surface area contributed by atoms with E-state index >= 15 is 0 Å². The van der Waals surface area contributed by atoms with Crippen LogP contribution in [-0.4, -0.2) is 50.0 Å². The maximum atomic E-state index is 13.5. The third kappa shape index (κ3) is 6.91. The first kappa shape index (κ1) is 33.4. The number of ether oxygens (including phenoxy) is 2. The van der Waals surface area contributed by atoms with Gasteiger partial charge in [0.15, 0.2) is 0 Å². The summed E-state index contributed by atoms with van der Waals surface area (Å²) in [6.45, 7) is 5.30. The highest BCUT2D eigenvalue weighted by Crippen LogP contribution is 2.50. The number of halogens is 1. The first-order chi connectivity index (χ1) is 22.6. The molecule has 250 valence electrons. The molecule has 3 aromatic rings. The Morgan fingerprint density at radius 2 is 1.94 bits per heavy atom. The highest BCUT2D eigenvalue weighted by atomic mass is 35.5. The number of hydrogen-bond acceptors (Lipinski definition) is 8. The number of hydrogen-bond donors (Lipinski definition) is 1. The van der Waals surface area contributed by atoms with Gasteiger partial charge >= 0.3 is 0 Å². The lowest BCUT2D eigenvalue weighted by Gasteiger charge is -2.49. The molecular weight excluding hydrogens is 636 g/mol. The summed E-state index contributed by atoms with van der Waals surface area (Å²) in [5.41, 5.74) is 3.17. The summed E-state index contributed by atoms with van der Waals surface area (Å²) in [5, 5.41) is 8.60. The average Bonchev–Trinajstić information content (AvgIpc) is 3.08. The molecule has 1 aromatic heterocycles. The van der Waals surface area contributed by atoms with Gasteiger partial charge in [-0.3, -0.25) is 4.79 Å². The Kier molecular flexibility index (Phi) is 9.92. The van der Waals surface area contributed by atoms with Crippen LogP contribution in [0.5, 0.6) is 5.75 Å². The van der Waals surface area contributed by atoms with E-state index in [4.69, 9.17) is 21.1 Å². The van der Waals surface area contributed by atoms with Crippen LogP contribution in [0, 0.1) is 17.8 Å². The number of carbonyl (C=O) groups excluding carboxylic acids is 1. The van der Waals surface area contributed by atoms with E-state index in [9.17, 15) is 13.2 Å². The van der Waals surface area contributed by atoms with Gasteiger partial charge in [0.1, 0.15) is 18.0 Å². The Morgan fingerprint density at radius 3 is 2.68 bits per heavy atom. The number of methoxy groups -OCH3 is 1. The van der Waals surface area contributed by atoms with Crippen molar-refractivity contribution in [1.82, 2.24) is 14.9 Å². The minimum Gasteiger partial charge on any atom is -0.487 e. The molecule has 1 saturated carbocycles. The van der Waals surface area contributed by atoms with E-state index in [0.29, 0.717) is 30.3 Å². The number of anilines is 1. The van der Waals surface area contributed by atoms with Crippen LogP contribution in [-0.2, 0) is 33.4 Å². The molecule has 0 saturated heterocycles. The molecule has 9 nitrogen and oxygen atoms in total. The number of fused-ring (bicyclic) bond motifs is 3. The van der Waals surface area contributed by atoms with Gasteiger partial charge in [0, 0.05) is 42.9 Å². The zero-order chi connectivity index (χ0) is 33.2. The lowest BCUT2D eigenvalue weighted by molar-refractivity contribution is -0.0835. The number of rotatable bonds is 2. The van der Waals surface area contributed by atoms with Gasteiger partial charge in [0.2, 0.25) is 10.0 Å². The number of benzene rings is 2. The molecule has 5 atom stereocenters. The Balaban J connectivity index is 1.45. The second-order valence-corrected chi connectivity index (χ2v) is 15.6. The van der Waals surface area contributed by atoms with Crippen LogP contribution in [0.15, 0.2) is 66.9 Å². The standard InChI is InChI=1S/C36H43ClN4O5S/c1-24-8-6-17-36(45-3,34-10-7-18-38-39-34)31-15-12-28(31)22-41-19-5-4-9-26-20-30(37)14-11-29(26)23-46-33-16-13-27(21-32(33)41)35(42)40-47(43,44)25(24)2/h6-7,10-11,13-14,16-18,20-21,24-25,28,31H,4-5,8-9,12,15,19,22-23H2,1-3H3,(H,40,42)/b17-6+/t24-,25+,28-,31+,36-/m0/s1. The number of nitrogens with one attached hydrogen (secondary N) is 1. The third-order valence-corrected chi connectivity index (χ3v) is 12.5. The average molecular weight is 679 g/mol. The largest absolute Gasteiger partial charge is 0.487 e. The normalized spacial score (nSPS) is 28.7. The monoisotopic (exact) mass is 678 g/mol. The van der Waals surface area contributed by atoms with E-state index < -0.39 is 26.8 Å². The van der Waals surface area contributed by atoms with Crippen LogP contribution < -0.4 is 14.4 Å². The fraction of sp³-hybridized carbons (Fsp3) is 0.472. The van der Waals surface area contributed by atoms with Crippen LogP contribution >= 0.6 is 11.6 Å². The summed E-state index contributed by atoms with van der Waals surface area (Å²) in [6.07, 6.45) is 10.9. The highest BCUT2D eigenvalue weighted by Gasteiger charge is 2.49. The van der Waals surface area contributed by atoms with E-state index in [1.54, 1.807) is 38.4 Å². The number of sulfonamides is 1. The molecule has 0 radical (unpaired) electrons. The molecule has 6 rings (SSSR count). The number of aromatic nitrogens is 2. The maximum Gasteiger partial charge on any atom is 0.264 e. The molecule has 47 heavy (non-hydrogen) atoms. The summed E-state index contributed by atoms with van der Waals surface area (Å²) in [5.74, 6) is 0.0689. The van der Waals surface area contributed by atoms with E-state index in [0.717, 1.165) is 55.6 Å². The Bertz CT molecular complexity index is 1740. The van der Waals surface area contributed by atoms with Gasteiger partial charge in [0.05, 0.1) is 16.6 Å². The first-order valence-electron chi connectivity index (χ1n) is 16.5. The molecule has 3 aliphatic rings. The van der Waals surface area contributed by atoms with E-state index in [-0.39, 0.29) is 23.3 Å². The lowest BCUT2D eigenvalue weighted by Crippen LogP contribution is -2.50. The molecule has 11 heteroatoms. The molecular formula is C36H43ClN4O5S. The zero-order valence-corrected chi connectivity index (χ0v) is 28.8. The molecule has 2 aliphatic heterocycles. The summed E-state index contributed by atoms with van der Waals surface area (Å²) in [6, 6.07) is 14.9. The van der Waals surface area contributed by atoms with Gasteiger partial charge in [-0.1, -0.05) is 36.7 Å². The van der Waals surface area contributed by atoms with Crippen LogP contribution in [0.25, 0.3) is 0 Å². The van der Waals surface area contributed by atoms with Crippen molar-refractivity contribution in [3.8, 4) is 5.75 Å². The number of carbonyl (C=O) groups is 1. The molecule has 2 bridgehead atoms. The van der Waals surface area contributed by atoms with Gasteiger partial charge in [-0.05, 0) is 111 Å². The highest BCUT2D eigenvalue weighted by molar-refractivity contribution is 7.90. The van der Waals surface area contributed by atoms with Crippen molar-refractivity contribution in [3.63, 3.8) is 0 Å². The number of aryl methyl sites for hydroxylation is 1. The van der Waals surface area contributed by atoms with E-state index in [1.165, 1.54) is 5.56 Å². The minimum atomic E-state index is -3.97. The molecule has 2 aromatic carbocycles. The van der Waals surface area contributed by atoms with Crippen LogP contribution in [0.2, 0.25) is 5.02 Å². The molecule has 1 N–H and O–H groups in total. The SMILES string of the molecule is CO[C@@]1(c2cccnn2)/C=C/C[C@H](C)[C@@H](C)S(=O)(=O)NC(=O)c2ccc3c(c2)N(CCCCc2cc(Cl)ccc2CO3)C[C@@H]2CC[C@H]21. The topological polar surface area (TPSA) is 111 Å². The van der Waals surface area contributed by atoms with Crippen molar-refractivity contribution in [2.45, 2.75) is 69.8 Å². The van der Waals surface area contributed by atoms with Gasteiger partial charge in [0.25, 0.3) is 5.91 Å². The van der Waals surface area contributed by atoms with Crippen LogP contribution in [0.3, 0.4) is 0 Å². The van der Waals surface area contributed by atoms with Crippen molar-refractivity contribution in [2.24, 2.45) is 17.8 Å². The molecule has 3 heterocycles. The number of nitrogens with zero attached hydrogens (tertiary/aromatic N) is 3. The summed E-state index contributed by atoms with van der Waals surface area (Å²) in [4.78, 5) is 15.8. The Morgan fingerprint density at radius 1 is 1.09 bits per heavy atom. The quantitative estimate of drug-likeness (QED) is 0.308. The van der Waals surface area contributed by atoms with E-state index in [1.807, 2.05) is 43.3 Å². The lowest BCUT2D eigenvalue weighted by atomic mass is 9.63. The molecule has 0 unspecified atom stereocenters. The van der Waals surface area contributed by atoms with Crippen molar-refractivity contribution in [3.05, 3.63) is 94.3 Å². The van der Waals surface area contributed by atoms with Gasteiger partial charge < -0.3 is 14.4 Å². The summed E-state index contributed by atoms with van der Waals surface area (Å²) >= 11 is 6.36. The second kappa shape index (κ2) is 13.9. The van der Waals surface area contributed by atoms with Crippen molar-refractivity contribution in [2.75, 3.05) is 25.1 Å². The molecule has 1 fully saturated rings. The number of amides is 1. The molecule has 1 aliphatic carbocycles. The van der Waals surface area contributed by atoms with E-state index in [2.05, 4.69) is 25.9 Å². The Labute approximate surface area is 282 Å². The van der Waals surface area contributed by atoms with Crippen molar-refractivity contribution in [1.29, 1.82) is 0 Å². The summed E-state index contributed by atoms with van der Waals surface area (Å²) in [7, 11) is -2.26. The van der Waals surface area contributed by atoms with Gasteiger partial charge in [-0.25, -0.2) is 13.1 Å². The van der Waals surface area contributed by atoms with Crippen LogP contribution in [0.4, 0.5) is 5.69 Å². The van der Waals surface area contributed by atoms with Gasteiger partial charge in [-0.15, -0.1) is 0 Å². The third-order valence-electron chi connectivity index (χ3n) is 10.4. The first-order valence-corrected chi connectivity index (χ1v) is 18.4. The smallest absolute Gasteiger partial charge is 0.264 e. The predicted molar refractivity (Wildman–Crippen MR) is 183 cm³/mol. The predicted octanol–water partition coefficient (Wildman–Crippen LogP) is 6.46. The fourth-order valence-electron chi connectivity index (χ4n) is 7.18. The fourth-order valence-corrected chi connectivity index (χ4v) is 8.66. The second-order valence-electron chi connectivity index (χ2n) is 13.1.